The number of rotatable bonds is 9. The van der Waals surface area contributed by atoms with Gasteiger partial charge in [-0.1, -0.05) is 12.1 Å². The largest absolute Gasteiger partial charge is 0.573 e. The molecule has 5 rings (SSSR count). The van der Waals surface area contributed by atoms with Gasteiger partial charge in [-0.05, 0) is 54.1 Å². The Bertz CT molecular complexity index is 1570. The lowest BCUT2D eigenvalue weighted by atomic mass is 10.1. The van der Waals surface area contributed by atoms with Crippen LogP contribution in [0.3, 0.4) is 0 Å². The van der Waals surface area contributed by atoms with Crippen LogP contribution < -0.4 is 30.0 Å². The number of methoxy groups -OCH3 is 1. The SMILES string of the molecule is COc1cccn2c(=O)c(C=O)c(NCc3ccc(N4CCC(Oc5ccc(OC(F)(F)F)cc5)CC4)cc3)nc12. The molecule has 41 heavy (non-hydrogen) atoms. The van der Waals surface area contributed by atoms with E-state index < -0.39 is 11.9 Å². The van der Waals surface area contributed by atoms with Gasteiger partial charge < -0.3 is 24.4 Å². The zero-order chi connectivity index (χ0) is 29.0. The van der Waals surface area contributed by atoms with Gasteiger partial charge in [-0.3, -0.25) is 14.0 Å². The minimum absolute atomic E-state index is 0.0479. The van der Waals surface area contributed by atoms with Gasteiger partial charge in [0.2, 0.25) is 0 Å². The summed E-state index contributed by atoms with van der Waals surface area (Å²) in [4.78, 5) is 31.2. The van der Waals surface area contributed by atoms with Crippen LogP contribution in [0.2, 0.25) is 0 Å². The van der Waals surface area contributed by atoms with Crippen LogP contribution >= 0.6 is 0 Å². The molecule has 1 aliphatic rings. The zero-order valence-corrected chi connectivity index (χ0v) is 22.1. The highest BCUT2D eigenvalue weighted by molar-refractivity contribution is 5.83. The fourth-order valence-corrected chi connectivity index (χ4v) is 4.71. The second-order valence-electron chi connectivity index (χ2n) is 9.41. The number of aldehydes is 1. The van der Waals surface area contributed by atoms with Crippen LogP contribution in [0.4, 0.5) is 24.7 Å². The predicted molar refractivity (Wildman–Crippen MR) is 146 cm³/mol. The van der Waals surface area contributed by atoms with E-state index in [9.17, 15) is 22.8 Å². The van der Waals surface area contributed by atoms with E-state index in [0.29, 0.717) is 30.0 Å². The quantitative estimate of drug-likeness (QED) is 0.280. The predicted octanol–water partition coefficient (Wildman–Crippen LogP) is 5.07. The first-order valence-electron chi connectivity index (χ1n) is 12.9. The molecule has 0 atom stereocenters. The van der Waals surface area contributed by atoms with Crippen LogP contribution in [0.25, 0.3) is 5.65 Å². The Morgan fingerprint density at radius 1 is 1.02 bits per heavy atom. The Hall–Kier alpha value is -4.74. The van der Waals surface area contributed by atoms with Crippen LogP contribution in [0.15, 0.2) is 71.7 Å². The molecule has 0 spiro atoms. The first-order valence-corrected chi connectivity index (χ1v) is 12.9. The van der Waals surface area contributed by atoms with Gasteiger partial charge in [-0.15, -0.1) is 13.2 Å². The lowest BCUT2D eigenvalue weighted by Gasteiger charge is -2.33. The number of piperidine rings is 1. The van der Waals surface area contributed by atoms with Gasteiger partial charge in [0.15, 0.2) is 17.7 Å². The molecule has 9 nitrogen and oxygen atoms in total. The number of carbonyl (C=O) groups excluding carboxylic acids is 1. The van der Waals surface area contributed by atoms with E-state index in [2.05, 4.69) is 19.9 Å². The molecule has 0 saturated carbocycles. The number of ether oxygens (including phenoxy) is 3. The number of nitrogens with zero attached hydrogens (tertiary/aromatic N) is 3. The number of pyridine rings is 1. The normalized spacial score (nSPS) is 14.1. The lowest BCUT2D eigenvalue weighted by Crippen LogP contribution is -2.38. The maximum Gasteiger partial charge on any atom is 0.573 e. The van der Waals surface area contributed by atoms with Crippen molar-refractivity contribution < 1.29 is 32.2 Å². The third-order valence-electron chi connectivity index (χ3n) is 6.75. The van der Waals surface area contributed by atoms with Crippen LogP contribution in [-0.2, 0) is 6.54 Å². The van der Waals surface area contributed by atoms with Gasteiger partial charge in [0.1, 0.15) is 29.0 Å². The third-order valence-corrected chi connectivity index (χ3v) is 6.75. The summed E-state index contributed by atoms with van der Waals surface area (Å²) >= 11 is 0. The van der Waals surface area contributed by atoms with Gasteiger partial charge in [0, 0.05) is 44.4 Å². The summed E-state index contributed by atoms with van der Waals surface area (Å²) in [6.07, 6.45) is -1.23. The summed E-state index contributed by atoms with van der Waals surface area (Å²) in [5, 5.41) is 3.10. The fraction of sp³-hybridized carbons (Fsp3) is 0.276. The van der Waals surface area contributed by atoms with Gasteiger partial charge >= 0.3 is 6.36 Å². The number of benzene rings is 2. The van der Waals surface area contributed by atoms with Gasteiger partial charge in [0.05, 0.1) is 7.11 Å². The van der Waals surface area contributed by atoms with E-state index in [4.69, 9.17) is 9.47 Å². The smallest absolute Gasteiger partial charge is 0.493 e. The van der Waals surface area contributed by atoms with E-state index >= 15 is 0 Å². The molecule has 12 heteroatoms. The second-order valence-corrected chi connectivity index (χ2v) is 9.41. The molecule has 1 N–H and O–H groups in total. The Labute approximate surface area is 233 Å². The monoisotopic (exact) mass is 568 g/mol. The molecule has 1 fully saturated rings. The Balaban J connectivity index is 1.17. The molecule has 1 saturated heterocycles. The number of fused-ring (bicyclic) bond motifs is 1. The van der Waals surface area contributed by atoms with E-state index in [1.54, 1.807) is 12.1 Å². The molecule has 2 aromatic carbocycles. The molecule has 0 bridgehead atoms. The van der Waals surface area contributed by atoms with Crippen molar-refractivity contribution in [2.45, 2.75) is 31.9 Å². The minimum Gasteiger partial charge on any atom is -0.493 e. The first kappa shape index (κ1) is 27.8. The maximum absolute atomic E-state index is 12.8. The number of halogens is 3. The molecule has 3 heterocycles. The summed E-state index contributed by atoms with van der Waals surface area (Å²) in [6, 6.07) is 16.7. The number of carbonyl (C=O) groups is 1. The van der Waals surface area contributed by atoms with Crippen molar-refractivity contribution in [1.82, 2.24) is 9.38 Å². The molecule has 4 aromatic rings. The maximum atomic E-state index is 12.8. The Morgan fingerprint density at radius 2 is 1.71 bits per heavy atom. The van der Waals surface area contributed by atoms with E-state index in [-0.39, 0.29) is 23.2 Å². The van der Waals surface area contributed by atoms with Crippen molar-refractivity contribution in [1.29, 1.82) is 0 Å². The Morgan fingerprint density at radius 3 is 2.34 bits per heavy atom. The van der Waals surface area contributed by atoms with Crippen molar-refractivity contribution in [3.63, 3.8) is 0 Å². The number of alkyl halides is 3. The summed E-state index contributed by atoms with van der Waals surface area (Å²) in [6.45, 7) is 1.86. The summed E-state index contributed by atoms with van der Waals surface area (Å²) in [5.41, 5.74) is 1.73. The second kappa shape index (κ2) is 11.8. The molecule has 214 valence electrons. The van der Waals surface area contributed by atoms with Crippen molar-refractivity contribution in [2.24, 2.45) is 0 Å². The lowest BCUT2D eigenvalue weighted by molar-refractivity contribution is -0.274. The highest BCUT2D eigenvalue weighted by Gasteiger charge is 2.31. The van der Waals surface area contributed by atoms with Crippen LogP contribution in [0.5, 0.6) is 17.2 Å². The van der Waals surface area contributed by atoms with Gasteiger partial charge in [-0.2, -0.15) is 0 Å². The third kappa shape index (κ3) is 6.53. The molecule has 0 radical (unpaired) electrons. The first-order chi connectivity index (χ1) is 19.7. The highest BCUT2D eigenvalue weighted by Crippen LogP contribution is 2.28. The molecule has 1 aliphatic heterocycles. The zero-order valence-electron chi connectivity index (χ0n) is 22.1. The minimum atomic E-state index is -4.73. The summed E-state index contributed by atoms with van der Waals surface area (Å²) < 4.78 is 53.5. The van der Waals surface area contributed by atoms with E-state index in [0.717, 1.165) is 37.2 Å². The standard InChI is InChI=1S/C29H27F3N4O5/c1-39-25-3-2-14-36-27(25)34-26(24(18-37)28(36)38)33-17-19-4-6-20(7-5-19)35-15-12-22(13-16-35)40-21-8-10-23(11-9-21)41-29(30,31)32/h2-11,14,18,22,33H,12-13,15-17H2,1H3. The number of anilines is 2. The molecule has 2 aromatic heterocycles. The molecule has 0 amide bonds. The molecule has 0 aliphatic carbocycles. The number of hydrogen-bond donors (Lipinski definition) is 1. The average Bonchev–Trinajstić information content (AvgIpc) is 2.97. The van der Waals surface area contributed by atoms with Crippen molar-refractivity contribution in [3.05, 3.63) is 88.3 Å². The van der Waals surface area contributed by atoms with Gasteiger partial charge in [-0.25, -0.2) is 4.98 Å². The summed E-state index contributed by atoms with van der Waals surface area (Å²) in [7, 11) is 1.48. The number of nitrogens with one attached hydrogen (secondary N) is 1. The van der Waals surface area contributed by atoms with Crippen molar-refractivity contribution in [2.75, 3.05) is 30.4 Å². The van der Waals surface area contributed by atoms with Crippen LogP contribution in [0, 0.1) is 0 Å². The number of hydrogen-bond acceptors (Lipinski definition) is 8. The molecular formula is C29H27F3N4O5. The van der Waals surface area contributed by atoms with Crippen LogP contribution in [0.1, 0.15) is 28.8 Å². The van der Waals surface area contributed by atoms with E-state index in [1.165, 1.54) is 42.0 Å². The molecular weight excluding hydrogens is 541 g/mol. The van der Waals surface area contributed by atoms with E-state index in [1.807, 2.05) is 24.3 Å². The number of aromatic nitrogens is 2. The fourth-order valence-electron chi connectivity index (χ4n) is 4.71. The van der Waals surface area contributed by atoms with Gasteiger partial charge in [0.25, 0.3) is 5.56 Å². The topological polar surface area (TPSA) is 94.4 Å². The van der Waals surface area contributed by atoms with Crippen molar-refractivity contribution in [3.8, 4) is 17.2 Å². The highest BCUT2D eigenvalue weighted by atomic mass is 19.4. The van der Waals surface area contributed by atoms with Crippen molar-refractivity contribution >= 4 is 23.4 Å². The Kier molecular flexibility index (Phi) is 7.99. The average molecular weight is 569 g/mol. The van der Waals surface area contributed by atoms with Crippen LogP contribution in [-0.4, -0.2) is 48.3 Å². The summed E-state index contributed by atoms with van der Waals surface area (Å²) in [5.74, 6) is 0.806. The molecule has 0 unspecified atom stereocenters.